The molecule has 1 unspecified atom stereocenters. The van der Waals surface area contributed by atoms with Gasteiger partial charge in [-0.25, -0.2) is 4.79 Å². The number of hydrogen-bond acceptors (Lipinski definition) is 4. The quantitative estimate of drug-likeness (QED) is 0.756. The number of rotatable bonds is 7. The van der Waals surface area contributed by atoms with Crippen molar-refractivity contribution in [3.8, 4) is 0 Å². The molecule has 19 heavy (non-hydrogen) atoms. The number of carbonyl (C=O) groups is 2. The molecule has 1 atom stereocenters. The van der Waals surface area contributed by atoms with Gasteiger partial charge >= 0.3 is 12.0 Å². The lowest BCUT2D eigenvalue weighted by Gasteiger charge is -2.17. The summed E-state index contributed by atoms with van der Waals surface area (Å²) < 4.78 is 4.74. The summed E-state index contributed by atoms with van der Waals surface area (Å²) in [6.45, 7) is 4.00. The lowest BCUT2D eigenvalue weighted by atomic mass is 10.1. The molecule has 0 saturated carbocycles. The van der Waals surface area contributed by atoms with Crippen LogP contribution in [0.15, 0.2) is 17.5 Å². The summed E-state index contributed by atoms with van der Waals surface area (Å²) in [6, 6.07) is 3.60. The number of urea groups is 1. The van der Waals surface area contributed by atoms with Crippen LogP contribution in [-0.2, 0) is 9.53 Å². The zero-order chi connectivity index (χ0) is 14.1. The number of hydrogen-bond donors (Lipinski definition) is 2. The van der Waals surface area contributed by atoms with Gasteiger partial charge in [0.05, 0.1) is 12.6 Å². The molecule has 106 valence electrons. The predicted molar refractivity (Wildman–Crippen MR) is 75.1 cm³/mol. The van der Waals surface area contributed by atoms with Crippen LogP contribution in [0.25, 0.3) is 0 Å². The van der Waals surface area contributed by atoms with E-state index < -0.39 is 5.97 Å². The molecule has 0 spiro atoms. The second kappa shape index (κ2) is 8.53. The molecular formula is C13H20N2O3S. The van der Waals surface area contributed by atoms with Crippen molar-refractivity contribution in [2.45, 2.75) is 32.7 Å². The molecule has 0 bridgehead atoms. The van der Waals surface area contributed by atoms with Gasteiger partial charge in [0.2, 0.25) is 0 Å². The van der Waals surface area contributed by atoms with E-state index >= 15 is 0 Å². The fourth-order valence-corrected chi connectivity index (χ4v) is 2.45. The van der Waals surface area contributed by atoms with Gasteiger partial charge in [0, 0.05) is 4.88 Å². The van der Waals surface area contributed by atoms with Gasteiger partial charge in [0.15, 0.2) is 0 Å². The molecule has 0 aliphatic rings. The molecule has 0 saturated heterocycles. The zero-order valence-corrected chi connectivity index (χ0v) is 12.1. The molecule has 2 N–H and O–H groups in total. The number of nitrogens with one attached hydrogen (secondary N) is 2. The minimum absolute atomic E-state index is 0.00723. The maximum atomic E-state index is 11.7. The molecule has 6 heteroatoms. The molecule has 1 aromatic heterocycles. The third-order valence-corrected chi connectivity index (χ3v) is 3.45. The first-order chi connectivity index (χ1) is 9.17. The van der Waals surface area contributed by atoms with Crippen molar-refractivity contribution in [1.82, 2.24) is 10.6 Å². The highest BCUT2D eigenvalue weighted by Crippen LogP contribution is 2.22. The van der Waals surface area contributed by atoms with Crippen LogP contribution in [0.4, 0.5) is 4.79 Å². The Morgan fingerprint density at radius 3 is 2.79 bits per heavy atom. The molecule has 0 aliphatic heterocycles. The van der Waals surface area contributed by atoms with Crippen LogP contribution in [0, 0.1) is 0 Å². The van der Waals surface area contributed by atoms with Gasteiger partial charge < -0.3 is 15.4 Å². The highest BCUT2D eigenvalue weighted by Gasteiger charge is 2.15. The summed E-state index contributed by atoms with van der Waals surface area (Å²) in [5.41, 5.74) is 0. The Hall–Kier alpha value is -1.56. The Morgan fingerprint density at radius 2 is 2.21 bits per heavy atom. The summed E-state index contributed by atoms with van der Waals surface area (Å²) in [6.07, 6.45) is 1.84. The summed E-state index contributed by atoms with van der Waals surface area (Å²) in [5, 5.41) is 7.35. The third kappa shape index (κ3) is 5.74. The normalized spacial score (nSPS) is 11.7. The van der Waals surface area contributed by atoms with Crippen LogP contribution in [0.3, 0.4) is 0 Å². The molecule has 1 aromatic rings. The number of thiophene rings is 1. The Labute approximate surface area is 117 Å². The summed E-state index contributed by atoms with van der Waals surface area (Å²) in [7, 11) is 0. The van der Waals surface area contributed by atoms with Crippen molar-refractivity contribution >= 4 is 23.3 Å². The van der Waals surface area contributed by atoms with Crippen molar-refractivity contribution < 1.29 is 14.3 Å². The summed E-state index contributed by atoms with van der Waals surface area (Å²) >= 11 is 1.61. The minimum atomic E-state index is -0.430. The third-order valence-electron chi connectivity index (χ3n) is 2.47. The Balaban J connectivity index is 2.42. The summed E-state index contributed by atoms with van der Waals surface area (Å²) in [5.74, 6) is -0.430. The number of amides is 2. The smallest absolute Gasteiger partial charge is 0.325 e. The first-order valence-corrected chi connectivity index (χ1v) is 7.28. The number of carbonyl (C=O) groups excluding carboxylic acids is 2. The van der Waals surface area contributed by atoms with Crippen molar-refractivity contribution in [3.63, 3.8) is 0 Å². The minimum Gasteiger partial charge on any atom is -0.465 e. The van der Waals surface area contributed by atoms with Crippen molar-refractivity contribution in [2.75, 3.05) is 13.2 Å². The SMILES string of the molecule is CCCC(NC(=O)NCC(=O)OCC)c1cccs1. The monoisotopic (exact) mass is 284 g/mol. The maximum Gasteiger partial charge on any atom is 0.325 e. The van der Waals surface area contributed by atoms with Gasteiger partial charge in [0.25, 0.3) is 0 Å². The van der Waals surface area contributed by atoms with Crippen molar-refractivity contribution in [1.29, 1.82) is 0 Å². The van der Waals surface area contributed by atoms with Crippen molar-refractivity contribution in [2.24, 2.45) is 0 Å². The number of esters is 1. The highest BCUT2D eigenvalue weighted by molar-refractivity contribution is 7.10. The first kappa shape index (κ1) is 15.5. The van der Waals surface area contributed by atoms with E-state index in [1.165, 1.54) is 0 Å². The second-order valence-electron chi connectivity index (χ2n) is 3.99. The van der Waals surface area contributed by atoms with Gasteiger partial charge in [-0.1, -0.05) is 19.4 Å². The van der Waals surface area contributed by atoms with E-state index in [1.54, 1.807) is 18.3 Å². The van der Waals surface area contributed by atoms with E-state index in [9.17, 15) is 9.59 Å². The fraction of sp³-hybridized carbons (Fsp3) is 0.538. The van der Waals surface area contributed by atoms with Crippen LogP contribution in [0.1, 0.15) is 37.6 Å². The fourth-order valence-electron chi connectivity index (χ4n) is 1.64. The molecular weight excluding hydrogens is 264 g/mol. The average Bonchev–Trinajstić information content (AvgIpc) is 2.90. The van der Waals surface area contributed by atoms with Crippen LogP contribution >= 0.6 is 11.3 Å². The van der Waals surface area contributed by atoms with Gasteiger partial charge in [-0.2, -0.15) is 0 Å². The van der Waals surface area contributed by atoms with Crippen LogP contribution < -0.4 is 10.6 Å². The lowest BCUT2D eigenvalue weighted by Crippen LogP contribution is -2.40. The maximum absolute atomic E-state index is 11.7. The molecule has 0 fully saturated rings. The first-order valence-electron chi connectivity index (χ1n) is 6.40. The average molecular weight is 284 g/mol. The Kier molecular flexibility index (Phi) is 6.95. The molecule has 5 nitrogen and oxygen atoms in total. The van der Waals surface area contributed by atoms with Gasteiger partial charge in [-0.15, -0.1) is 11.3 Å². The predicted octanol–water partition coefficient (Wildman–Crippen LogP) is 2.45. The molecule has 0 radical (unpaired) electrons. The molecule has 0 aliphatic carbocycles. The van der Waals surface area contributed by atoms with E-state index in [0.29, 0.717) is 6.61 Å². The zero-order valence-electron chi connectivity index (χ0n) is 11.3. The Morgan fingerprint density at radius 1 is 1.42 bits per heavy atom. The van der Waals surface area contributed by atoms with Gasteiger partial charge in [0.1, 0.15) is 6.54 Å². The Bertz CT molecular complexity index is 393. The van der Waals surface area contributed by atoms with E-state index in [-0.39, 0.29) is 18.6 Å². The molecule has 2 amide bonds. The highest BCUT2D eigenvalue weighted by atomic mass is 32.1. The van der Waals surface area contributed by atoms with E-state index in [2.05, 4.69) is 17.6 Å². The van der Waals surface area contributed by atoms with Crippen LogP contribution in [0.2, 0.25) is 0 Å². The second-order valence-corrected chi connectivity index (χ2v) is 4.97. The van der Waals surface area contributed by atoms with Crippen molar-refractivity contribution in [3.05, 3.63) is 22.4 Å². The van der Waals surface area contributed by atoms with E-state index in [1.807, 2.05) is 17.5 Å². The van der Waals surface area contributed by atoms with E-state index in [0.717, 1.165) is 17.7 Å². The molecule has 0 aromatic carbocycles. The van der Waals surface area contributed by atoms with Gasteiger partial charge in [-0.05, 0) is 24.8 Å². The molecule has 1 heterocycles. The molecule has 1 rings (SSSR count). The van der Waals surface area contributed by atoms with E-state index in [4.69, 9.17) is 4.74 Å². The van der Waals surface area contributed by atoms with Crippen LogP contribution in [-0.4, -0.2) is 25.2 Å². The van der Waals surface area contributed by atoms with Crippen LogP contribution in [0.5, 0.6) is 0 Å². The topological polar surface area (TPSA) is 67.4 Å². The largest absolute Gasteiger partial charge is 0.465 e. The number of ether oxygens (including phenoxy) is 1. The van der Waals surface area contributed by atoms with Gasteiger partial charge in [-0.3, -0.25) is 4.79 Å². The lowest BCUT2D eigenvalue weighted by molar-refractivity contribution is -0.141. The standard InChI is InChI=1S/C13H20N2O3S/c1-3-6-10(11-7-5-8-19-11)15-13(17)14-9-12(16)18-4-2/h5,7-8,10H,3-4,6,9H2,1-2H3,(H2,14,15,17). The summed E-state index contributed by atoms with van der Waals surface area (Å²) in [4.78, 5) is 24.0.